The third-order valence-electron chi connectivity index (χ3n) is 3.71. The van der Waals surface area contributed by atoms with Gasteiger partial charge < -0.3 is 4.90 Å². The highest BCUT2D eigenvalue weighted by atomic mass is 35.5. The maximum Gasteiger partial charge on any atom is 0.253 e. The number of nitrogens with zero attached hydrogens (tertiary/aromatic N) is 3. The summed E-state index contributed by atoms with van der Waals surface area (Å²) in [6.45, 7) is 4.62. The summed E-state index contributed by atoms with van der Waals surface area (Å²) < 4.78 is 0. The van der Waals surface area contributed by atoms with Crippen molar-refractivity contribution in [2.45, 2.75) is 20.0 Å². The van der Waals surface area contributed by atoms with E-state index in [1.54, 1.807) is 31.4 Å². The van der Waals surface area contributed by atoms with E-state index < -0.39 is 0 Å². The topological polar surface area (TPSA) is 36.4 Å². The van der Waals surface area contributed by atoms with Crippen LogP contribution in [0, 0.1) is 0 Å². The highest BCUT2D eigenvalue weighted by Gasteiger charge is 2.10. The van der Waals surface area contributed by atoms with E-state index in [9.17, 15) is 4.79 Å². The van der Waals surface area contributed by atoms with Crippen LogP contribution in [0.15, 0.2) is 42.7 Å². The summed E-state index contributed by atoms with van der Waals surface area (Å²) in [5.74, 6) is 0.0208. The summed E-state index contributed by atoms with van der Waals surface area (Å²) >= 11 is 6.18. The van der Waals surface area contributed by atoms with Crippen LogP contribution < -0.4 is 0 Å². The lowest BCUT2D eigenvalue weighted by molar-refractivity contribution is 0.0827. The van der Waals surface area contributed by atoms with Crippen molar-refractivity contribution in [2.24, 2.45) is 0 Å². The Morgan fingerprint density at radius 3 is 2.39 bits per heavy atom. The van der Waals surface area contributed by atoms with Gasteiger partial charge in [-0.2, -0.15) is 0 Å². The Labute approximate surface area is 142 Å². The number of aromatic nitrogens is 1. The van der Waals surface area contributed by atoms with Gasteiger partial charge in [-0.05, 0) is 35.9 Å². The molecule has 1 heterocycles. The molecular formula is C18H22ClN3O. The molecule has 23 heavy (non-hydrogen) atoms. The predicted octanol–water partition coefficient (Wildman–Crippen LogP) is 3.46. The van der Waals surface area contributed by atoms with Gasteiger partial charge in [-0.25, -0.2) is 0 Å². The number of carbonyl (C=O) groups is 1. The van der Waals surface area contributed by atoms with Crippen molar-refractivity contribution in [3.63, 3.8) is 0 Å². The van der Waals surface area contributed by atoms with Crippen molar-refractivity contribution >= 4 is 17.5 Å². The smallest absolute Gasteiger partial charge is 0.253 e. The molecule has 4 nitrogen and oxygen atoms in total. The van der Waals surface area contributed by atoms with Gasteiger partial charge in [0.25, 0.3) is 5.91 Å². The van der Waals surface area contributed by atoms with E-state index in [1.807, 2.05) is 30.3 Å². The second kappa shape index (κ2) is 8.09. The number of benzene rings is 1. The van der Waals surface area contributed by atoms with Crippen LogP contribution in [-0.4, -0.2) is 41.3 Å². The molecule has 0 saturated heterocycles. The first-order valence-corrected chi connectivity index (χ1v) is 8.00. The molecule has 0 saturated carbocycles. The van der Waals surface area contributed by atoms with Gasteiger partial charge in [0, 0.05) is 45.1 Å². The fourth-order valence-corrected chi connectivity index (χ4v) is 2.50. The van der Waals surface area contributed by atoms with Crippen LogP contribution in [0.25, 0.3) is 0 Å². The van der Waals surface area contributed by atoms with Crippen LogP contribution in [0.2, 0.25) is 5.02 Å². The fourth-order valence-electron chi connectivity index (χ4n) is 2.32. The number of pyridine rings is 1. The van der Waals surface area contributed by atoms with Crippen LogP contribution in [0.5, 0.6) is 0 Å². The Morgan fingerprint density at radius 2 is 1.83 bits per heavy atom. The van der Waals surface area contributed by atoms with Crippen LogP contribution >= 0.6 is 11.6 Å². The molecule has 0 bridgehead atoms. The zero-order chi connectivity index (χ0) is 16.8. The third-order valence-corrected chi connectivity index (χ3v) is 4.05. The molecule has 0 spiro atoms. The van der Waals surface area contributed by atoms with Gasteiger partial charge >= 0.3 is 0 Å². The standard InChI is InChI=1S/C18H22ClN3O/c1-4-22(13-16-9-10-20-11-17(16)19)12-14-5-7-15(8-6-14)18(23)21(2)3/h5-11H,4,12-13H2,1-3H3. The van der Waals surface area contributed by atoms with E-state index in [1.165, 1.54) is 5.56 Å². The Balaban J connectivity index is 2.04. The van der Waals surface area contributed by atoms with Gasteiger partial charge in [0.2, 0.25) is 0 Å². The molecule has 1 aromatic heterocycles. The molecule has 5 heteroatoms. The largest absolute Gasteiger partial charge is 0.345 e. The Kier molecular flexibility index (Phi) is 6.13. The molecule has 0 aliphatic heterocycles. The second-order valence-electron chi connectivity index (χ2n) is 5.67. The van der Waals surface area contributed by atoms with Gasteiger partial charge in [-0.1, -0.05) is 30.7 Å². The van der Waals surface area contributed by atoms with Crippen LogP contribution in [0.4, 0.5) is 0 Å². The molecule has 2 aromatic rings. The van der Waals surface area contributed by atoms with E-state index >= 15 is 0 Å². The first-order valence-electron chi connectivity index (χ1n) is 7.62. The van der Waals surface area contributed by atoms with Crippen LogP contribution in [-0.2, 0) is 13.1 Å². The molecular weight excluding hydrogens is 310 g/mol. The van der Waals surface area contributed by atoms with Crippen molar-refractivity contribution in [1.29, 1.82) is 0 Å². The number of carbonyl (C=O) groups excluding carboxylic acids is 1. The molecule has 122 valence electrons. The number of hydrogen-bond acceptors (Lipinski definition) is 3. The van der Waals surface area contributed by atoms with Crippen molar-refractivity contribution in [3.8, 4) is 0 Å². The van der Waals surface area contributed by atoms with Gasteiger partial charge in [-0.15, -0.1) is 0 Å². The Hall–Kier alpha value is -1.91. The van der Waals surface area contributed by atoms with Gasteiger partial charge in [-0.3, -0.25) is 14.7 Å². The van der Waals surface area contributed by atoms with Gasteiger partial charge in [0.05, 0.1) is 5.02 Å². The SMILES string of the molecule is CCN(Cc1ccc(C(=O)N(C)C)cc1)Cc1ccncc1Cl. The maximum atomic E-state index is 11.9. The predicted molar refractivity (Wildman–Crippen MR) is 93.5 cm³/mol. The van der Waals surface area contributed by atoms with Crippen molar-refractivity contribution in [3.05, 3.63) is 64.4 Å². The summed E-state index contributed by atoms with van der Waals surface area (Å²) in [7, 11) is 3.51. The minimum atomic E-state index is 0.0208. The average Bonchev–Trinajstić information content (AvgIpc) is 2.56. The molecule has 0 atom stereocenters. The van der Waals surface area contributed by atoms with E-state index in [4.69, 9.17) is 11.6 Å². The highest BCUT2D eigenvalue weighted by molar-refractivity contribution is 6.31. The zero-order valence-corrected chi connectivity index (χ0v) is 14.5. The average molecular weight is 332 g/mol. The highest BCUT2D eigenvalue weighted by Crippen LogP contribution is 2.17. The van der Waals surface area contributed by atoms with Crippen LogP contribution in [0.3, 0.4) is 0 Å². The quantitative estimate of drug-likeness (QED) is 0.813. The summed E-state index contributed by atoms with van der Waals surface area (Å²) in [6.07, 6.45) is 3.43. The van der Waals surface area contributed by atoms with E-state index in [2.05, 4.69) is 16.8 Å². The summed E-state index contributed by atoms with van der Waals surface area (Å²) in [5.41, 5.74) is 2.95. The van der Waals surface area contributed by atoms with Crippen LogP contribution in [0.1, 0.15) is 28.4 Å². The van der Waals surface area contributed by atoms with Crippen molar-refractivity contribution < 1.29 is 4.79 Å². The minimum Gasteiger partial charge on any atom is -0.345 e. The Morgan fingerprint density at radius 1 is 1.13 bits per heavy atom. The Bertz CT molecular complexity index is 656. The zero-order valence-electron chi connectivity index (χ0n) is 13.8. The summed E-state index contributed by atoms with van der Waals surface area (Å²) in [5, 5.41) is 0.692. The first-order chi connectivity index (χ1) is 11.0. The lowest BCUT2D eigenvalue weighted by Crippen LogP contribution is -2.23. The van der Waals surface area contributed by atoms with E-state index in [0.29, 0.717) is 10.6 Å². The third kappa shape index (κ3) is 4.78. The molecule has 0 radical (unpaired) electrons. The number of hydrogen-bond donors (Lipinski definition) is 0. The summed E-state index contributed by atoms with van der Waals surface area (Å²) in [4.78, 5) is 19.8. The van der Waals surface area contributed by atoms with E-state index in [-0.39, 0.29) is 5.91 Å². The summed E-state index contributed by atoms with van der Waals surface area (Å²) in [6, 6.07) is 9.72. The number of halogens is 1. The van der Waals surface area contributed by atoms with E-state index in [0.717, 1.165) is 25.2 Å². The first kappa shape index (κ1) is 17.4. The van der Waals surface area contributed by atoms with Gasteiger partial charge in [0.1, 0.15) is 0 Å². The molecule has 0 unspecified atom stereocenters. The molecule has 0 aliphatic rings. The minimum absolute atomic E-state index is 0.0208. The maximum absolute atomic E-state index is 11.9. The molecule has 0 N–H and O–H groups in total. The lowest BCUT2D eigenvalue weighted by Gasteiger charge is -2.21. The lowest BCUT2D eigenvalue weighted by atomic mass is 10.1. The monoisotopic (exact) mass is 331 g/mol. The van der Waals surface area contributed by atoms with Gasteiger partial charge in [0.15, 0.2) is 0 Å². The van der Waals surface area contributed by atoms with Crippen molar-refractivity contribution in [2.75, 3.05) is 20.6 Å². The molecule has 0 aliphatic carbocycles. The molecule has 0 fully saturated rings. The van der Waals surface area contributed by atoms with Crippen molar-refractivity contribution in [1.82, 2.24) is 14.8 Å². The molecule has 1 amide bonds. The molecule has 2 rings (SSSR count). The second-order valence-corrected chi connectivity index (χ2v) is 6.07. The number of amides is 1. The normalized spacial score (nSPS) is 10.8. The fraction of sp³-hybridized carbons (Fsp3) is 0.333. The number of rotatable bonds is 6. The molecule has 1 aromatic carbocycles.